The Balaban J connectivity index is 1.31. The summed E-state index contributed by atoms with van der Waals surface area (Å²) in [7, 11) is 0. The Kier molecular flexibility index (Phi) is 7.55. The molecule has 4 aromatic heterocycles. The predicted molar refractivity (Wildman–Crippen MR) is 143 cm³/mol. The molecule has 0 aromatic carbocycles. The summed E-state index contributed by atoms with van der Waals surface area (Å²) < 4.78 is 75.1. The van der Waals surface area contributed by atoms with E-state index < -0.39 is 47.8 Å². The minimum absolute atomic E-state index is 0.0514. The van der Waals surface area contributed by atoms with Crippen LogP contribution in [0.4, 0.5) is 22.0 Å². The minimum atomic E-state index is -4.64. The number of alkyl halides is 5. The number of nitrogens with one attached hydrogen (secondary N) is 2. The van der Waals surface area contributed by atoms with Crippen LogP contribution in [-0.2, 0) is 17.8 Å². The van der Waals surface area contributed by atoms with E-state index in [2.05, 4.69) is 45.9 Å². The number of rotatable bonds is 8. The lowest BCUT2D eigenvalue weighted by atomic mass is 9.79. The molecule has 13 nitrogen and oxygen atoms in total. The number of aromatic nitrogens is 8. The molecule has 1 aliphatic carbocycles. The van der Waals surface area contributed by atoms with Gasteiger partial charge in [-0.3, -0.25) is 9.59 Å². The van der Waals surface area contributed by atoms with Gasteiger partial charge < -0.3 is 10.6 Å². The van der Waals surface area contributed by atoms with Crippen molar-refractivity contribution in [2.45, 2.75) is 83.1 Å². The van der Waals surface area contributed by atoms with Crippen LogP contribution >= 0.6 is 0 Å². The van der Waals surface area contributed by atoms with E-state index in [9.17, 15) is 31.5 Å². The summed E-state index contributed by atoms with van der Waals surface area (Å²) in [5.74, 6) is -4.57. The highest BCUT2D eigenvalue weighted by Crippen LogP contribution is 2.43. The molecule has 18 heteroatoms. The molecule has 3 atom stereocenters. The van der Waals surface area contributed by atoms with Gasteiger partial charge in [-0.2, -0.15) is 33.3 Å². The van der Waals surface area contributed by atoms with Gasteiger partial charge in [-0.05, 0) is 62.2 Å². The summed E-state index contributed by atoms with van der Waals surface area (Å²) in [6, 6.07) is -1.23. The number of fused-ring (bicyclic) bond motifs is 1. The normalized spacial score (nSPS) is 22.9. The molecule has 0 unspecified atom stereocenters. The summed E-state index contributed by atoms with van der Waals surface area (Å²) >= 11 is 0. The van der Waals surface area contributed by atoms with E-state index in [1.165, 1.54) is 28.6 Å². The van der Waals surface area contributed by atoms with E-state index in [0.717, 1.165) is 0 Å². The van der Waals surface area contributed by atoms with Crippen LogP contribution in [-0.4, -0.2) is 69.9 Å². The summed E-state index contributed by atoms with van der Waals surface area (Å²) in [5, 5.41) is 24.8. The van der Waals surface area contributed by atoms with Gasteiger partial charge >= 0.3 is 6.18 Å². The molecule has 1 saturated carbocycles. The quantitative estimate of drug-likeness (QED) is 0.277. The van der Waals surface area contributed by atoms with Gasteiger partial charge in [0.1, 0.15) is 11.7 Å². The highest BCUT2D eigenvalue weighted by molar-refractivity contribution is 5.93. The molecule has 0 radical (unpaired) electrons. The maximum absolute atomic E-state index is 14.0. The van der Waals surface area contributed by atoms with Crippen molar-refractivity contribution in [3.05, 3.63) is 53.0 Å². The zero-order valence-electron chi connectivity index (χ0n) is 24.2. The van der Waals surface area contributed by atoms with Gasteiger partial charge in [0.05, 0.1) is 48.0 Å². The molecule has 2 fully saturated rings. The van der Waals surface area contributed by atoms with E-state index >= 15 is 0 Å². The molecule has 6 rings (SSSR count). The molecule has 2 N–H and O–H groups in total. The molecule has 0 bridgehead atoms. The summed E-state index contributed by atoms with van der Waals surface area (Å²) in [6.07, 6.45) is -1.31. The highest BCUT2D eigenvalue weighted by Gasteiger charge is 2.56. The lowest BCUT2D eigenvalue weighted by Crippen LogP contribution is -2.40. The van der Waals surface area contributed by atoms with E-state index in [1.54, 1.807) is 19.2 Å². The molecule has 1 aliphatic heterocycles. The Labute approximate surface area is 251 Å². The number of carbonyl (C=O) groups excluding carboxylic acids is 2. The van der Waals surface area contributed by atoms with E-state index in [1.807, 2.05) is 0 Å². The number of aryl methyl sites for hydroxylation is 2. The maximum Gasteiger partial charge on any atom is 0.408 e. The van der Waals surface area contributed by atoms with E-state index in [4.69, 9.17) is 0 Å². The van der Waals surface area contributed by atoms with Crippen molar-refractivity contribution in [1.29, 1.82) is 0 Å². The first-order chi connectivity index (χ1) is 21.2. The van der Waals surface area contributed by atoms with Crippen LogP contribution < -0.4 is 10.6 Å². The second-order valence-electron chi connectivity index (χ2n) is 11.9. The molecule has 5 heterocycles. The fourth-order valence-corrected chi connectivity index (χ4v) is 6.17. The topological polar surface area (TPSA) is 158 Å². The molecule has 45 heavy (non-hydrogen) atoms. The van der Waals surface area contributed by atoms with Crippen molar-refractivity contribution in [3.8, 4) is 0 Å². The fourth-order valence-electron chi connectivity index (χ4n) is 6.17. The van der Waals surface area contributed by atoms with Crippen LogP contribution in [0.15, 0.2) is 29.3 Å². The number of nitrogens with zero attached hydrogens (tertiary/aromatic N) is 8. The summed E-state index contributed by atoms with van der Waals surface area (Å²) in [4.78, 5) is 32.0. The predicted octanol–water partition coefficient (Wildman–Crippen LogP) is 3.30. The van der Waals surface area contributed by atoms with Crippen molar-refractivity contribution < 1.29 is 36.2 Å². The fraction of sp³-hybridized carbons (Fsp3) is 0.556. The average molecular weight is 637 g/mol. The van der Waals surface area contributed by atoms with Crippen molar-refractivity contribution in [2.24, 2.45) is 11.3 Å². The molecule has 0 spiro atoms. The van der Waals surface area contributed by atoms with Crippen molar-refractivity contribution >= 4 is 17.5 Å². The van der Waals surface area contributed by atoms with Gasteiger partial charge in [0.25, 0.3) is 5.91 Å². The molecule has 2 amide bonds. The monoisotopic (exact) mass is 636 g/mol. The third-order valence-corrected chi connectivity index (χ3v) is 8.52. The lowest BCUT2D eigenvalue weighted by molar-refractivity contribution is -0.155. The van der Waals surface area contributed by atoms with Gasteiger partial charge in [0.15, 0.2) is 11.3 Å². The first-order valence-electron chi connectivity index (χ1n) is 14.3. The van der Waals surface area contributed by atoms with Crippen LogP contribution in [0.3, 0.4) is 0 Å². The third kappa shape index (κ3) is 6.22. The number of carbonyl (C=O) groups is 2. The van der Waals surface area contributed by atoms with Gasteiger partial charge in [-0.25, -0.2) is 22.9 Å². The Hall–Kier alpha value is -4.51. The molecule has 2 aliphatic rings. The van der Waals surface area contributed by atoms with Crippen molar-refractivity contribution in [3.63, 3.8) is 0 Å². The summed E-state index contributed by atoms with van der Waals surface area (Å²) in [6.45, 7) is 3.02. The molecule has 240 valence electrons. The highest BCUT2D eigenvalue weighted by atomic mass is 19.4. The standard InChI is InChI=1S/C27H29F5N10O3/c1-14-10-34-42(38-14)13-25(9-19(27(30,31)32)36-24(25)44)8-16-7-20-35-18(12-41(20)33-11-16)22(17-3-5-26(28,29)6-4-17)37-23(43)21-15(2)39-45-40-21/h7,10-12,17,19,22H,3-6,8-9,13H2,1-2H3,(H,36,44)(H,37,43)/t19-,22-,25-/m0/s1. The minimum Gasteiger partial charge on any atom is -0.344 e. The van der Waals surface area contributed by atoms with Crippen LogP contribution in [0.1, 0.15) is 71.3 Å². The first kappa shape index (κ1) is 30.5. The van der Waals surface area contributed by atoms with E-state index in [-0.39, 0.29) is 61.6 Å². The second-order valence-corrected chi connectivity index (χ2v) is 11.9. The smallest absolute Gasteiger partial charge is 0.344 e. The SMILES string of the molecule is Cc1cnn(C[C@]2(Cc3cnn4cc([C@@H](NC(=O)c5nonc5C)C5CCC(F)(F)CC5)nc4c3)C[C@@H](C(F)(F)F)NC2=O)n1. The maximum atomic E-state index is 14.0. The Morgan fingerprint density at radius 1 is 1.18 bits per heavy atom. The van der Waals surface area contributed by atoms with Gasteiger partial charge in [0.2, 0.25) is 11.8 Å². The summed E-state index contributed by atoms with van der Waals surface area (Å²) in [5.41, 5.74) is 0.278. The lowest BCUT2D eigenvalue weighted by Gasteiger charge is -2.33. The van der Waals surface area contributed by atoms with E-state index in [0.29, 0.717) is 17.0 Å². The number of hydrogen-bond donors (Lipinski definition) is 2. The zero-order chi connectivity index (χ0) is 32.1. The number of halogens is 5. The molecule has 4 aromatic rings. The molecule has 1 saturated heterocycles. The third-order valence-electron chi connectivity index (χ3n) is 8.52. The first-order valence-corrected chi connectivity index (χ1v) is 14.3. The van der Waals surface area contributed by atoms with Crippen LogP contribution in [0.2, 0.25) is 0 Å². The van der Waals surface area contributed by atoms with Gasteiger partial charge in [-0.1, -0.05) is 5.16 Å². The van der Waals surface area contributed by atoms with Crippen LogP contribution in [0.25, 0.3) is 5.65 Å². The van der Waals surface area contributed by atoms with Gasteiger partial charge in [0, 0.05) is 12.8 Å². The van der Waals surface area contributed by atoms with Gasteiger partial charge in [-0.15, -0.1) is 0 Å². The molecular formula is C27H29F5N10O3. The zero-order valence-corrected chi connectivity index (χ0v) is 24.2. The second kappa shape index (κ2) is 11.1. The van der Waals surface area contributed by atoms with Crippen LogP contribution in [0, 0.1) is 25.2 Å². The van der Waals surface area contributed by atoms with Crippen LogP contribution in [0.5, 0.6) is 0 Å². The van der Waals surface area contributed by atoms with Crippen molar-refractivity contribution in [1.82, 2.24) is 50.5 Å². The average Bonchev–Trinajstić information content (AvgIpc) is 3.75. The largest absolute Gasteiger partial charge is 0.408 e. The number of amides is 2. The Morgan fingerprint density at radius 3 is 2.56 bits per heavy atom. The van der Waals surface area contributed by atoms with Crippen molar-refractivity contribution in [2.75, 3.05) is 0 Å². The Morgan fingerprint density at radius 2 is 1.93 bits per heavy atom. The molecular weight excluding hydrogens is 607 g/mol. The number of hydrogen-bond acceptors (Lipinski definition) is 9. The number of imidazole rings is 1. The Bertz CT molecular complexity index is 1720.